The van der Waals surface area contributed by atoms with Crippen LogP contribution in [-0.4, -0.2) is 51.6 Å². The van der Waals surface area contributed by atoms with Gasteiger partial charge in [0.2, 0.25) is 5.75 Å². The molecule has 1 aliphatic carbocycles. The van der Waals surface area contributed by atoms with Gasteiger partial charge in [-0.25, -0.2) is 0 Å². The minimum Gasteiger partial charge on any atom is -0.493 e. The quantitative estimate of drug-likeness (QED) is 0.382. The third-order valence-electron chi connectivity index (χ3n) is 5.59. The summed E-state index contributed by atoms with van der Waals surface area (Å²) in [6, 6.07) is 11.1. The van der Waals surface area contributed by atoms with Gasteiger partial charge in [-0.2, -0.15) is 13.2 Å². The van der Waals surface area contributed by atoms with Gasteiger partial charge >= 0.3 is 6.18 Å². The van der Waals surface area contributed by atoms with E-state index < -0.39 is 41.6 Å². The minimum absolute atomic E-state index is 0.000885. The van der Waals surface area contributed by atoms with E-state index >= 15 is 0 Å². The molecule has 1 aliphatic rings. The molecule has 0 aromatic heterocycles. The second-order valence-corrected chi connectivity index (χ2v) is 7.84. The largest absolute Gasteiger partial charge is 0.493 e. The van der Waals surface area contributed by atoms with Gasteiger partial charge in [-0.3, -0.25) is 14.4 Å². The van der Waals surface area contributed by atoms with Gasteiger partial charge in [0.25, 0.3) is 5.91 Å². The smallest absolute Gasteiger partial charge is 0.422 e. The Kier molecular flexibility index (Phi) is 6.80. The van der Waals surface area contributed by atoms with Crippen molar-refractivity contribution in [3.8, 4) is 23.0 Å². The van der Waals surface area contributed by atoms with Crippen LogP contribution < -0.4 is 24.3 Å². The molecule has 1 N–H and O–H groups in total. The van der Waals surface area contributed by atoms with Gasteiger partial charge in [-0.15, -0.1) is 0 Å². The first-order chi connectivity index (χ1) is 17.6. The molecule has 0 radical (unpaired) electrons. The molecule has 0 fully saturated rings. The molecule has 0 bridgehead atoms. The number of nitrogens with one attached hydrogen (secondary N) is 1. The Morgan fingerprint density at radius 2 is 1.41 bits per heavy atom. The van der Waals surface area contributed by atoms with Gasteiger partial charge in [-0.1, -0.05) is 24.3 Å². The van der Waals surface area contributed by atoms with Gasteiger partial charge in [-0.05, 0) is 12.1 Å². The number of alkyl halides is 3. The molecule has 3 aromatic rings. The number of anilines is 1. The summed E-state index contributed by atoms with van der Waals surface area (Å²) >= 11 is 0. The van der Waals surface area contributed by atoms with Crippen LogP contribution in [0, 0.1) is 0 Å². The van der Waals surface area contributed by atoms with E-state index in [2.05, 4.69) is 5.32 Å². The van der Waals surface area contributed by atoms with Crippen LogP contribution in [0.15, 0.2) is 48.5 Å². The number of hydrogen-bond acceptors (Lipinski definition) is 7. The van der Waals surface area contributed by atoms with E-state index in [1.54, 1.807) is 6.07 Å². The number of rotatable bonds is 7. The van der Waals surface area contributed by atoms with Crippen LogP contribution in [0.4, 0.5) is 18.9 Å². The van der Waals surface area contributed by atoms with Crippen molar-refractivity contribution in [3.05, 3.63) is 76.3 Å². The van der Waals surface area contributed by atoms with Crippen molar-refractivity contribution in [3.63, 3.8) is 0 Å². The monoisotopic (exact) mass is 515 g/mol. The van der Waals surface area contributed by atoms with E-state index in [0.717, 1.165) is 6.07 Å². The molecular weight excluding hydrogens is 495 g/mol. The number of fused-ring (bicyclic) bond motifs is 2. The van der Waals surface area contributed by atoms with Crippen LogP contribution >= 0.6 is 0 Å². The van der Waals surface area contributed by atoms with Gasteiger partial charge in [0.05, 0.1) is 32.5 Å². The molecule has 0 spiro atoms. The number of carbonyl (C=O) groups is 3. The van der Waals surface area contributed by atoms with Gasteiger partial charge < -0.3 is 24.3 Å². The molecule has 0 heterocycles. The number of carbonyl (C=O) groups excluding carboxylic acids is 3. The van der Waals surface area contributed by atoms with Crippen molar-refractivity contribution in [2.24, 2.45) is 0 Å². The number of halogens is 3. The van der Waals surface area contributed by atoms with Crippen LogP contribution in [0.3, 0.4) is 0 Å². The lowest BCUT2D eigenvalue weighted by Crippen LogP contribution is -2.27. The van der Waals surface area contributed by atoms with Crippen molar-refractivity contribution in [2.75, 3.05) is 33.3 Å². The maximum absolute atomic E-state index is 13.3. The van der Waals surface area contributed by atoms with Crippen LogP contribution in [0.1, 0.15) is 42.2 Å². The Morgan fingerprint density at radius 3 is 1.95 bits per heavy atom. The van der Waals surface area contributed by atoms with E-state index in [1.807, 2.05) is 0 Å². The highest BCUT2D eigenvalue weighted by Crippen LogP contribution is 2.41. The van der Waals surface area contributed by atoms with Crippen molar-refractivity contribution < 1.29 is 46.5 Å². The Hall–Kier alpha value is -4.54. The third-order valence-corrected chi connectivity index (χ3v) is 5.59. The topological polar surface area (TPSA) is 100 Å². The molecule has 4 rings (SSSR count). The number of ketones is 2. The summed E-state index contributed by atoms with van der Waals surface area (Å²) in [4.78, 5) is 39.5. The summed E-state index contributed by atoms with van der Waals surface area (Å²) in [6.07, 6.45) is -4.77. The molecule has 0 aliphatic heterocycles. The Labute approximate surface area is 208 Å². The van der Waals surface area contributed by atoms with Crippen molar-refractivity contribution >= 4 is 23.2 Å². The average Bonchev–Trinajstić information content (AvgIpc) is 2.88. The molecular formula is C26H20F3NO7. The molecule has 8 nitrogen and oxygen atoms in total. The van der Waals surface area contributed by atoms with E-state index in [1.165, 1.54) is 57.7 Å². The highest BCUT2D eigenvalue weighted by Gasteiger charge is 2.37. The number of ether oxygens (including phenoxy) is 4. The summed E-state index contributed by atoms with van der Waals surface area (Å²) < 4.78 is 60.0. The second kappa shape index (κ2) is 9.84. The van der Waals surface area contributed by atoms with E-state index in [0.29, 0.717) is 0 Å². The highest BCUT2D eigenvalue weighted by molar-refractivity contribution is 6.30. The molecule has 11 heteroatoms. The van der Waals surface area contributed by atoms with Crippen LogP contribution in [-0.2, 0) is 0 Å². The number of benzene rings is 3. The maximum Gasteiger partial charge on any atom is 0.422 e. The fourth-order valence-electron chi connectivity index (χ4n) is 3.99. The van der Waals surface area contributed by atoms with Crippen LogP contribution in [0.25, 0.3) is 0 Å². The highest BCUT2D eigenvalue weighted by atomic mass is 19.4. The molecule has 0 unspecified atom stereocenters. The fourth-order valence-corrected chi connectivity index (χ4v) is 3.99. The predicted molar refractivity (Wildman–Crippen MR) is 125 cm³/mol. The normalized spacial score (nSPS) is 12.4. The molecule has 0 atom stereocenters. The summed E-state index contributed by atoms with van der Waals surface area (Å²) in [5.41, 5.74) is -0.685. The maximum atomic E-state index is 13.3. The van der Waals surface area contributed by atoms with Crippen LogP contribution in [0.5, 0.6) is 23.0 Å². The van der Waals surface area contributed by atoms with Crippen molar-refractivity contribution in [1.82, 2.24) is 0 Å². The predicted octanol–water partition coefficient (Wildman–Crippen LogP) is 4.68. The van der Waals surface area contributed by atoms with Crippen LogP contribution in [0.2, 0.25) is 0 Å². The Balaban J connectivity index is 1.81. The van der Waals surface area contributed by atoms with E-state index in [9.17, 15) is 27.6 Å². The first-order valence-electron chi connectivity index (χ1n) is 10.8. The number of amides is 1. The molecule has 0 saturated carbocycles. The van der Waals surface area contributed by atoms with E-state index in [4.69, 9.17) is 18.9 Å². The molecule has 192 valence electrons. The molecule has 1 amide bonds. The average molecular weight is 515 g/mol. The first-order valence-corrected chi connectivity index (χ1v) is 10.8. The zero-order valence-electron chi connectivity index (χ0n) is 19.8. The van der Waals surface area contributed by atoms with Crippen molar-refractivity contribution in [1.29, 1.82) is 0 Å². The standard InChI is InChI=1S/C26H20F3NO7/c1-34-18-10-13(11-19(35-2)24(18)36-3)30-25(33)17-9-8-16-20(23(17)37-12-26(27,28)29)22(32)15-7-5-4-6-14(15)21(16)31/h4-11H,12H2,1-3H3,(H,30,33). The third kappa shape index (κ3) is 4.80. The second-order valence-electron chi connectivity index (χ2n) is 7.84. The summed E-state index contributed by atoms with van der Waals surface area (Å²) in [7, 11) is 4.14. The minimum atomic E-state index is -4.77. The summed E-state index contributed by atoms with van der Waals surface area (Å²) in [6.45, 7) is -1.78. The lowest BCUT2D eigenvalue weighted by molar-refractivity contribution is -0.153. The Bertz CT molecular complexity index is 1390. The van der Waals surface area contributed by atoms with Gasteiger partial charge in [0.15, 0.2) is 29.7 Å². The van der Waals surface area contributed by atoms with Crippen molar-refractivity contribution in [2.45, 2.75) is 6.18 Å². The zero-order valence-corrected chi connectivity index (χ0v) is 19.8. The molecule has 0 saturated heterocycles. The van der Waals surface area contributed by atoms with E-state index in [-0.39, 0.29) is 45.2 Å². The zero-order chi connectivity index (χ0) is 26.9. The van der Waals surface area contributed by atoms with Gasteiger partial charge in [0, 0.05) is 34.5 Å². The lowest BCUT2D eigenvalue weighted by atomic mass is 9.82. The summed E-state index contributed by atoms with van der Waals surface area (Å²) in [5, 5.41) is 2.54. The lowest BCUT2D eigenvalue weighted by Gasteiger charge is -2.23. The molecule has 37 heavy (non-hydrogen) atoms. The summed E-state index contributed by atoms with van der Waals surface area (Å²) in [5.74, 6) is -2.15. The molecule has 3 aromatic carbocycles. The van der Waals surface area contributed by atoms with Gasteiger partial charge in [0.1, 0.15) is 5.75 Å². The fraction of sp³-hybridized carbons (Fsp3) is 0.192. The number of hydrogen-bond donors (Lipinski definition) is 1. The Morgan fingerprint density at radius 1 is 0.811 bits per heavy atom. The number of methoxy groups -OCH3 is 3. The first kappa shape index (κ1) is 25.5. The SMILES string of the molecule is COc1cc(NC(=O)c2ccc3c(c2OCC(F)(F)F)C(=O)c2ccccc2C3=O)cc(OC)c1OC.